The minimum absolute atomic E-state index is 0.132. The van der Waals surface area contributed by atoms with Crippen LogP contribution in [0.15, 0.2) is 35.2 Å². The summed E-state index contributed by atoms with van der Waals surface area (Å²) in [5, 5.41) is 13.3. The van der Waals surface area contributed by atoms with E-state index in [1.165, 1.54) is 12.1 Å². The first kappa shape index (κ1) is 26.4. The number of hydrogen-bond acceptors (Lipinski definition) is 7. The second-order valence-corrected chi connectivity index (χ2v) is 10.2. The average molecular weight is 526 g/mol. The number of ether oxygens (including phenoxy) is 2. The third-order valence-electron chi connectivity index (χ3n) is 6.03. The van der Waals surface area contributed by atoms with Crippen LogP contribution in [-0.4, -0.2) is 46.5 Å². The third kappa shape index (κ3) is 5.09. The number of halogens is 4. The number of benzene rings is 2. The molecule has 0 saturated carbocycles. The summed E-state index contributed by atoms with van der Waals surface area (Å²) < 4.78 is 68.8. The molecule has 1 unspecified atom stereocenters. The fourth-order valence-electron chi connectivity index (χ4n) is 4.06. The highest BCUT2D eigenvalue weighted by atomic mass is 32.2. The molecule has 4 rings (SSSR count). The first-order valence-electron chi connectivity index (χ1n) is 11.4. The fourth-order valence-corrected chi connectivity index (χ4v) is 5.24. The summed E-state index contributed by atoms with van der Waals surface area (Å²) in [6, 6.07) is 6.12. The summed E-state index contributed by atoms with van der Waals surface area (Å²) in [6.07, 6.45) is 0.907. The highest BCUT2D eigenvalue weighted by Crippen LogP contribution is 2.43. The number of nitrogens with zero attached hydrogens (tertiary/aromatic N) is 2. The number of aryl methyl sites for hydroxylation is 1. The monoisotopic (exact) mass is 525 g/mol. The number of hydrogen-bond donors (Lipinski definition) is 2. The van der Waals surface area contributed by atoms with Crippen LogP contribution in [0, 0.1) is 12.7 Å². The highest BCUT2D eigenvalue weighted by Gasteiger charge is 2.53. The van der Waals surface area contributed by atoms with Gasteiger partial charge in [-0.2, -0.15) is 8.78 Å². The Hall–Kier alpha value is -2.63. The molecule has 36 heavy (non-hydrogen) atoms. The molecule has 0 amide bonds. The molecule has 2 heterocycles. The number of aliphatic hydroxyl groups is 1. The Morgan fingerprint density at radius 2 is 2.00 bits per heavy atom. The van der Waals surface area contributed by atoms with E-state index in [1.807, 2.05) is 6.07 Å². The average Bonchev–Trinajstić information content (AvgIpc) is 3.31. The lowest BCUT2D eigenvalue weighted by Crippen LogP contribution is -2.39. The van der Waals surface area contributed by atoms with Crippen LogP contribution in [-0.2, 0) is 10.7 Å². The minimum atomic E-state index is -4.45. The van der Waals surface area contributed by atoms with Gasteiger partial charge in [-0.15, -0.1) is 11.8 Å². The molecule has 0 radical (unpaired) electrons. The predicted octanol–water partition coefficient (Wildman–Crippen LogP) is 5.91. The molecule has 1 fully saturated rings. The topological polar surface area (TPSA) is 76.5 Å². The molecule has 0 aliphatic carbocycles. The van der Waals surface area contributed by atoms with Crippen molar-refractivity contribution in [2.75, 3.05) is 25.6 Å². The van der Waals surface area contributed by atoms with Gasteiger partial charge in [0.25, 0.3) is 5.85 Å². The van der Waals surface area contributed by atoms with Gasteiger partial charge in [0.05, 0.1) is 35.7 Å². The van der Waals surface area contributed by atoms with Crippen molar-refractivity contribution in [2.24, 2.45) is 0 Å². The summed E-state index contributed by atoms with van der Waals surface area (Å²) in [5.41, 5.74) is -0.769. The minimum Gasteiger partial charge on any atom is -0.496 e. The van der Waals surface area contributed by atoms with Crippen molar-refractivity contribution in [1.82, 2.24) is 9.97 Å². The molecule has 1 aromatic heterocycles. The van der Waals surface area contributed by atoms with Gasteiger partial charge in [0, 0.05) is 35.8 Å². The molecule has 0 spiro atoms. The maximum atomic E-state index is 15.2. The number of methoxy groups -OCH3 is 1. The zero-order valence-corrected chi connectivity index (χ0v) is 21.1. The van der Waals surface area contributed by atoms with Gasteiger partial charge in [-0.25, -0.2) is 18.7 Å². The van der Waals surface area contributed by atoms with Gasteiger partial charge >= 0.3 is 5.92 Å². The standard InChI is InChI=1S/C25H27F4N3O3S/c1-13(16-6-5-7-18(22(16)26)25(28,29)24(3,27)33)30-23-17-10-21(36-15-8-9-35-12-15)20(34-4)11-19(17)31-14(2)32-23/h5-7,10-11,13,15,33H,8-9,12H2,1-4H3,(H,30,31,32)/t13-,15+,24?/m1/s1. The van der Waals surface area contributed by atoms with Crippen LogP contribution in [0.4, 0.5) is 23.4 Å². The highest BCUT2D eigenvalue weighted by molar-refractivity contribution is 8.00. The van der Waals surface area contributed by atoms with Crippen molar-refractivity contribution in [3.05, 3.63) is 53.1 Å². The molecule has 11 heteroatoms. The SMILES string of the molecule is COc1cc2nc(C)nc(N[C@H](C)c3cccc(C(F)(F)C(C)(O)F)c3F)c2cc1S[C@H]1CCOC1. The van der Waals surface area contributed by atoms with Crippen LogP contribution < -0.4 is 10.1 Å². The largest absolute Gasteiger partial charge is 0.496 e. The van der Waals surface area contributed by atoms with Gasteiger partial charge in [0.2, 0.25) is 0 Å². The summed E-state index contributed by atoms with van der Waals surface area (Å²) in [6.45, 7) is 4.89. The van der Waals surface area contributed by atoms with E-state index in [0.717, 1.165) is 17.4 Å². The van der Waals surface area contributed by atoms with Crippen molar-refractivity contribution >= 4 is 28.5 Å². The van der Waals surface area contributed by atoms with Crippen LogP contribution in [0.1, 0.15) is 43.3 Å². The normalized spacial score (nSPS) is 18.8. The van der Waals surface area contributed by atoms with E-state index in [1.54, 1.807) is 38.8 Å². The molecule has 6 nitrogen and oxygen atoms in total. The van der Waals surface area contributed by atoms with Crippen LogP contribution in [0.25, 0.3) is 10.9 Å². The van der Waals surface area contributed by atoms with Crippen LogP contribution >= 0.6 is 11.8 Å². The summed E-state index contributed by atoms with van der Waals surface area (Å²) in [7, 11) is 1.58. The van der Waals surface area contributed by atoms with E-state index in [9.17, 15) is 18.3 Å². The van der Waals surface area contributed by atoms with Crippen molar-refractivity contribution in [1.29, 1.82) is 0 Å². The molecule has 1 aliphatic heterocycles. The molecule has 1 aliphatic rings. The summed E-state index contributed by atoms with van der Waals surface area (Å²) >= 11 is 1.62. The molecule has 2 aromatic carbocycles. The number of alkyl halides is 3. The van der Waals surface area contributed by atoms with Crippen LogP contribution in [0.2, 0.25) is 0 Å². The Morgan fingerprint density at radius 3 is 2.64 bits per heavy atom. The van der Waals surface area contributed by atoms with Crippen LogP contribution in [0.3, 0.4) is 0 Å². The first-order chi connectivity index (χ1) is 16.9. The number of nitrogens with one attached hydrogen (secondary N) is 1. The Kier molecular flexibility index (Phi) is 7.36. The zero-order chi connectivity index (χ0) is 26.3. The van der Waals surface area contributed by atoms with Gasteiger partial charge in [-0.1, -0.05) is 12.1 Å². The Balaban J connectivity index is 1.72. The van der Waals surface area contributed by atoms with E-state index in [-0.39, 0.29) is 17.7 Å². The second-order valence-electron chi connectivity index (χ2n) is 8.85. The smallest absolute Gasteiger partial charge is 0.333 e. The lowest BCUT2D eigenvalue weighted by Gasteiger charge is -2.27. The van der Waals surface area contributed by atoms with Gasteiger partial charge in [-0.05, 0) is 32.4 Å². The summed E-state index contributed by atoms with van der Waals surface area (Å²) in [4.78, 5) is 9.81. The zero-order valence-electron chi connectivity index (χ0n) is 20.2. The number of aromatic nitrogens is 2. The molecule has 3 aromatic rings. The van der Waals surface area contributed by atoms with E-state index >= 15 is 4.39 Å². The van der Waals surface area contributed by atoms with E-state index in [2.05, 4.69) is 15.3 Å². The Morgan fingerprint density at radius 1 is 1.25 bits per heavy atom. The van der Waals surface area contributed by atoms with E-state index in [0.29, 0.717) is 41.5 Å². The number of thioether (sulfide) groups is 1. The maximum absolute atomic E-state index is 15.2. The molecular formula is C25H27F4N3O3S. The van der Waals surface area contributed by atoms with Crippen molar-refractivity contribution in [3.8, 4) is 5.75 Å². The number of rotatable bonds is 8. The number of anilines is 1. The lowest BCUT2D eigenvalue weighted by atomic mass is 9.96. The molecular weight excluding hydrogens is 498 g/mol. The van der Waals surface area contributed by atoms with Gasteiger partial charge in [0.1, 0.15) is 23.2 Å². The van der Waals surface area contributed by atoms with Crippen molar-refractivity contribution < 1.29 is 32.1 Å². The predicted molar refractivity (Wildman–Crippen MR) is 130 cm³/mol. The molecule has 0 bridgehead atoms. The van der Waals surface area contributed by atoms with Gasteiger partial charge < -0.3 is 19.9 Å². The van der Waals surface area contributed by atoms with Crippen molar-refractivity contribution in [2.45, 2.75) is 55.2 Å². The van der Waals surface area contributed by atoms with Gasteiger partial charge in [-0.3, -0.25) is 0 Å². The Bertz CT molecular complexity index is 1260. The molecule has 2 N–H and O–H groups in total. The first-order valence-corrected chi connectivity index (χ1v) is 12.3. The third-order valence-corrected chi connectivity index (χ3v) is 7.31. The quantitative estimate of drug-likeness (QED) is 0.354. The fraction of sp³-hybridized carbons (Fsp3) is 0.440. The molecule has 3 atom stereocenters. The van der Waals surface area contributed by atoms with Crippen LogP contribution in [0.5, 0.6) is 5.75 Å². The maximum Gasteiger partial charge on any atom is 0.333 e. The molecule has 194 valence electrons. The molecule has 1 saturated heterocycles. The Labute approximate surface area is 210 Å². The van der Waals surface area contributed by atoms with E-state index < -0.39 is 29.2 Å². The van der Waals surface area contributed by atoms with E-state index in [4.69, 9.17) is 9.47 Å². The lowest BCUT2D eigenvalue weighted by molar-refractivity contribution is -0.249. The van der Waals surface area contributed by atoms with Crippen molar-refractivity contribution in [3.63, 3.8) is 0 Å². The second kappa shape index (κ2) is 10.0. The summed E-state index contributed by atoms with van der Waals surface area (Å²) in [5.74, 6) is -8.21. The van der Waals surface area contributed by atoms with Gasteiger partial charge in [0.15, 0.2) is 0 Å². The number of fused-ring (bicyclic) bond motifs is 1.